The second-order valence-electron chi connectivity index (χ2n) is 2.75. The number of hydrogen-bond donors (Lipinski definition) is 10. The molecule has 0 radical (unpaired) electrons. The molecule has 0 unspecified atom stereocenters. The minimum atomic E-state index is -3.63. The van der Waals surface area contributed by atoms with Crippen LogP contribution in [-0.4, -0.2) is 74.4 Å². The molecule has 0 bridgehead atoms. The van der Waals surface area contributed by atoms with Gasteiger partial charge in [-0.2, -0.15) is 0 Å². The van der Waals surface area contributed by atoms with E-state index >= 15 is 0 Å². The standard InChI is InChI=1S/2C2H7NO4.O3Si/c2*3-2(6,7)1(4)5;1-4(2)3/h2*1,4-7H,3H2;/q;;-2/p+2. The van der Waals surface area contributed by atoms with E-state index in [1.807, 2.05) is 0 Å². The summed E-state index contributed by atoms with van der Waals surface area (Å²) in [5.41, 5.74) is 5.16. The average molecular weight is 296 g/mol. The zero-order chi connectivity index (χ0) is 15.7. The van der Waals surface area contributed by atoms with Gasteiger partial charge >= 0.3 is 11.8 Å². The third kappa shape index (κ3) is 24.4. The van der Waals surface area contributed by atoms with Crippen molar-refractivity contribution in [3.63, 3.8) is 0 Å². The molecule has 0 aliphatic heterocycles. The van der Waals surface area contributed by atoms with Crippen molar-refractivity contribution in [2.24, 2.45) is 0 Å². The largest absolute Gasteiger partial charge is 0.672 e. The Morgan fingerprint density at radius 2 is 0.889 bits per heavy atom. The van der Waals surface area contributed by atoms with Crippen LogP contribution < -0.4 is 21.1 Å². The highest BCUT2D eigenvalue weighted by molar-refractivity contribution is 6.17. The molecule has 0 aromatic rings. The van der Waals surface area contributed by atoms with Crippen molar-refractivity contribution in [3.8, 4) is 0 Å². The van der Waals surface area contributed by atoms with Crippen molar-refractivity contribution in [3.05, 3.63) is 0 Å². The average Bonchev–Trinajstić information content (AvgIpc) is 1.99. The van der Waals surface area contributed by atoms with Crippen molar-refractivity contribution in [1.29, 1.82) is 0 Å². The van der Waals surface area contributed by atoms with Gasteiger partial charge in [0, 0.05) is 9.17 Å². The monoisotopic (exact) mass is 296 g/mol. The van der Waals surface area contributed by atoms with E-state index in [9.17, 15) is 0 Å². The number of rotatable bonds is 2. The van der Waals surface area contributed by atoms with Crippen LogP contribution in [0.25, 0.3) is 0 Å². The summed E-state index contributed by atoms with van der Waals surface area (Å²) in [6.07, 6.45) is -4.40. The molecule has 0 aromatic carbocycles. The lowest BCUT2D eigenvalue weighted by atomic mass is 10.5. The minimum absolute atomic E-state index is 2.20. The summed E-state index contributed by atoms with van der Waals surface area (Å²) < 4.78 is 8.52. The maximum atomic E-state index is 8.52. The van der Waals surface area contributed by atoms with E-state index in [-0.39, 0.29) is 0 Å². The summed E-state index contributed by atoms with van der Waals surface area (Å²) in [6.45, 7) is 0. The first-order valence-corrected chi connectivity index (χ1v) is 5.05. The molecule has 14 heteroatoms. The van der Waals surface area contributed by atoms with Crippen molar-refractivity contribution in [2.75, 3.05) is 0 Å². The van der Waals surface area contributed by atoms with E-state index in [4.69, 9.17) is 54.9 Å². The first kappa shape index (κ1) is 22.4. The Kier molecular flexibility index (Phi) is 11.4. The molecule has 18 heavy (non-hydrogen) atoms. The van der Waals surface area contributed by atoms with Crippen LogP contribution in [0.5, 0.6) is 0 Å². The van der Waals surface area contributed by atoms with Gasteiger partial charge in [-0.3, -0.25) is 0 Å². The second kappa shape index (κ2) is 9.19. The first-order valence-electron chi connectivity index (χ1n) is 3.82. The number of aliphatic hydroxyl groups excluding tert-OH is 2. The molecular weight excluding hydrogens is 280 g/mol. The summed E-state index contributed by atoms with van der Waals surface area (Å²) in [4.78, 5) is 17.0. The Hall–Kier alpha value is -0.783. The smallest absolute Gasteiger partial charge is 0.362 e. The van der Waals surface area contributed by atoms with Gasteiger partial charge in [0.25, 0.3) is 12.6 Å². The third-order valence-corrected chi connectivity index (χ3v) is 0.827. The van der Waals surface area contributed by atoms with E-state index in [0.29, 0.717) is 0 Å². The molecule has 0 spiro atoms. The zero-order valence-electron chi connectivity index (χ0n) is 8.87. The Bertz CT molecular complexity index is 198. The number of hydrogen-bond acceptors (Lipinski definition) is 11. The van der Waals surface area contributed by atoms with Crippen LogP contribution in [0.4, 0.5) is 0 Å². The van der Waals surface area contributed by atoms with Crippen LogP contribution in [0.2, 0.25) is 0 Å². The molecule has 14 N–H and O–H groups in total. The molecule has 0 amide bonds. The fourth-order valence-electron chi connectivity index (χ4n) is 0. The van der Waals surface area contributed by atoms with Gasteiger partial charge in [0.1, 0.15) is 0 Å². The normalized spacial score (nSPS) is 11.3. The summed E-state index contributed by atoms with van der Waals surface area (Å²) in [5.74, 6) is -5.28. The van der Waals surface area contributed by atoms with Gasteiger partial charge in [-0.1, -0.05) is 0 Å². The van der Waals surface area contributed by atoms with Gasteiger partial charge in [-0.05, 0) is 0 Å². The maximum absolute atomic E-state index is 8.52. The van der Waals surface area contributed by atoms with Gasteiger partial charge < -0.3 is 66.4 Å². The van der Waals surface area contributed by atoms with Crippen LogP contribution in [0.3, 0.4) is 0 Å². The van der Waals surface area contributed by atoms with Crippen LogP contribution >= 0.6 is 0 Å². The van der Waals surface area contributed by atoms with Gasteiger partial charge in [-0.25, -0.2) is 0 Å². The molecule has 0 rings (SSSR count). The lowest BCUT2D eigenvalue weighted by molar-refractivity contribution is -0.651. The predicted octanol–water partition coefficient (Wildman–Crippen LogP) is -10.5. The van der Waals surface area contributed by atoms with E-state index in [1.165, 1.54) is 0 Å². The van der Waals surface area contributed by atoms with E-state index < -0.39 is 33.6 Å². The Balaban J connectivity index is -0.000000196. The van der Waals surface area contributed by atoms with Crippen molar-refractivity contribution < 1.29 is 66.4 Å². The highest BCUT2D eigenvalue weighted by Crippen LogP contribution is 1.87. The Morgan fingerprint density at radius 3 is 0.889 bits per heavy atom. The predicted molar refractivity (Wildman–Crippen MR) is 43.0 cm³/mol. The second-order valence-corrected chi connectivity index (χ2v) is 3.25. The third-order valence-electron chi connectivity index (χ3n) is 0.827. The van der Waals surface area contributed by atoms with E-state index in [1.54, 1.807) is 0 Å². The van der Waals surface area contributed by atoms with Crippen LogP contribution in [-0.2, 0) is 4.46 Å². The summed E-state index contributed by atoms with van der Waals surface area (Å²) in [7, 11) is -3.63. The molecule has 112 valence electrons. The molecule has 13 nitrogen and oxygen atoms in total. The van der Waals surface area contributed by atoms with Crippen LogP contribution in [0.1, 0.15) is 0 Å². The van der Waals surface area contributed by atoms with Crippen molar-refractivity contribution in [1.82, 2.24) is 0 Å². The quantitative estimate of drug-likeness (QED) is 0.168. The van der Waals surface area contributed by atoms with Gasteiger partial charge in [0.2, 0.25) is 0 Å². The SMILES string of the molecule is O=[Si]([O-])[O-].[NH3+]C(O)(O)C(O)O.[NH3+]C(O)(O)C(O)O. The van der Waals surface area contributed by atoms with Crippen molar-refractivity contribution >= 4 is 9.17 Å². The fraction of sp³-hybridized carbons (Fsp3) is 1.00. The molecule has 0 saturated carbocycles. The van der Waals surface area contributed by atoms with E-state index in [2.05, 4.69) is 11.5 Å². The molecule has 0 heterocycles. The van der Waals surface area contributed by atoms with Crippen molar-refractivity contribution in [2.45, 2.75) is 24.4 Å². The van der Waals surface area contributed by atoms with Crippen LogP contribution in [0, 0.1) is 0 Å². The molecule has 0 aliphatic rings. The molecule has 0 aliphatic carbocycles. The number of quaternary nitrogens is 2. The van der Waals surface area contributed by atoms with Gasteiger partial charge in [0.15, 0.2) is 0 Å². The Labute approximate surface area is 101 Å². The number of aliphatic hydroxyl groups is 8. The molecular formula is C4H16N2O11Si. The summed E-state index contributed by atoms with van der Waals surface area (Å²) in [5, 5.41) is 63.7. The molecule has 0 fully saturated rings. The Morgan fingerprint density at radius 1 is 0.833 bits per heavy atom. The maximum Gasteiger partial charge on any atom is 0.362 e. The first-order chi connectivity index (χ1) is 7.62. The van der Waals surface area contributed by atoms with Gasteiger partial charge in [-0.15, -0.1) is 0 Å². The molecule has 0 atom stereocenters. The highest BCUT2D eigenvalue weighted by atomic mass is 28.3. The summed E-state index contributed by atoms with van der Waals surface area (Å²) in [6, 6.07) is 0. The summed E-state index contributed by atoms with van der Waals surface area (Å²) >= 11 is 0. The molecule has 0 saturated heterocycles. The van der Waals surface area contributed by atoms with Gasteiger partial charge in [0.05, 0.1) is 0 Å². The van der Waals surface area contributed by atoms with Crippen LogP contribution in [0.15, 0.2) is 0 Å². The molecule has 0 aromatic heterocycles. The lowest BCUT2D eigenvalue weighted by Crippen LogP contribution is -2.78. The highest BCUT2D eigenvalue weighted by Gasteiger charge is 2.30. The fourth-order valence-corrected chi connectivity index (χ4v) is 0. The lowest BCUT2D eigenvalue weighted by Gasteiger charge is -2.11. The van der Waals surface area contributed by atoms with E-state index in [0.717, 1.165) is 0 Å². The topological polar surface area (TPSA) is 280 Å². The zero-order valence-corrected chi connectivity index (χ0v) is 9.87. The minimum Gasteiger partial charge on any atom is -0.672 e.